The zero-order chi connectivity index (χ0) is 18.6. The van der Waals surface area contributed by atoms with E-state index in [2.05, 4.69) is 34.3 Å². The van der Waals surface area contributed by atoms with Gasteiger partial charge in [0.1, 0.15) is 11.5 Å². The number of rotatable bonds is 7. The van der Waals surface area contributed by atoms with Gasteiger partial charge in [0.2, 0.25) is 0 Å². The number of hydrogen-bond donors (Lipinski definition) is 2. The van der Waals surface area contributed by atoms with E-state index in [9.17, 15) is 10.2 Å². The average Bonchev–Trinajstić information content (AvgIpc) is 2.54. The maximum absolute atomic E-state index is 10.8. The second kappa shape index (κ2) is 8.78. The van der Waals surface area contributed by atoms with E-state index in [1.54, 1.807) is 0 Å². The van der Waals surface area contributed by atoms with Crippen molar-refractivity contribution in [3.05, 3.63) is 35.4 Å². The molecule has 0 radical (unpaired) electrons. The van der Waals surface area contributed by atoms with Crippen LogP contribution in [0.4, 0.5) is 0 Å². The van der Waals surface area contributed by atoms with Crippen LogP contribution in [0.15, 0.2) is 24.3 Å². The number of allylic oxidation sites excluding steroid dienone is 1. The maximum atomic E-state index is 10.8. The number of phenols is 2. The fourth-order valence-electron chi connectivity index (χ4n) is 4.86. The molecule has 25 heavy (non-hydrogen) atoms. The quantitative estimate of drug-likeness (QED) is 0.434. The summed E-state index contributed by atoms with van der Waals surface area (Å²) in [5, 5.41) is 21.6. The lowest BCUT2D eigenvalue weighted by atomic mass is 9.62. The fraction of sp³-hybridized carbons (Fsp3) is 0.652. The molecule has 0 aromatic heterocycles. The van der Waals surface area contributed by atoms with Crippen LogP contribution in [-0.4, -0.2) is 10.2 Å². The van der Waals surface area contributed by atoms with E-state index in [-0.39, 0.29) is 17.4 Å². The highest BCUT2D eigenvalue weighted by atomic mass is 16.3. The Kier molecular flexibility index (Phi) is 6.98. The number of aryl methyl sites for hydroxylation is 1. The highest BCUT2D eigenvalue weighted by molar-refractivity contribution is 5.50. The van der Waals surface area contributed by atoms with Crippen molar-refractivity contribution in [3.8, 4) is 11.5 Å². The minimum Gasteiger partial charge on any atom is -0.508 e. The molecule has 1 aromatic carbocycles. The first kappa shape index (κ1) is 19.9. The van der Waals surface area contributed by atoms with E-state index in [0.717, 1.165) is 36.8 Å². The molecule has 0 amide bonds. The van der Waals surface area contributed by atoms with Gasteiger partial charge in [-0.1, -0.05) is 52.2 Å². The monoisotopic (exact) mass is 344 g/mol. The Morgan fingerprint density at radius 1 is 1.12 bits per heavy atom. The van der Waals surface area contributed by atoms with Crippen LogP contribution in [0.2, 0.25) is 0 Å². The first-order valence-electron chi connectivity index (χ1n) is 10.1. The molecule has 4 atom stereocenters. The zero-order valence-corrected chi connectivity index (χ0v) is 16.5. The summed E-state index contributed by atoms with van der Waals surface area (Å²) in [4.78, 5) is 0. The van der Waals surface area contributed by atoms with Crippen molar-refractivity contribution in [3.63, 3.8) is 0 Å². The normalized spacial score (nSPS) is 26.6. The van der Waals surface area contributed by atoms with Crippen LogP contribution in [-0.2, 0) is 6.42 Å². The summed E-state index contributed by atoms with van der Waals surface area (Å²) >= 11 is 0. The molecule has 0 aliphatic heterocycles. The molecule has 0 spiro atoms. The van der Waals surface area contributed by atoms with Crippen molar-refractivity contribution in [2.45, 2.75) is 78.6 Å². The lowest BCUT2D eigenvalue weighted by Gasteiger charge is -2.43. The van der Waals surface area contributed by atoms with Crippen LogP contribution in [0, 0.1) is 17.8 Å². The summed E-state index contributed by atoms with van der Waals surface area (Å²) in [6, 6.07) is 3.76. The van der Waals surface area contributed by atoms with Crippen LogP contribution in [0.5, 0.6) is 11.5 Å². The third-order valence-corrected chi connectivity index (χ3v) is 6.26. The van der Waals surface area contributed by atoms with Gasteiger partial charge in [-0.25, -0.2) is 0 Å². The van der Waals surface area contributed by atoms with Crippen molar-refractivity contribution in [1.82, 2.24) is 0 Å². The smallest absolute Gasteiger partial charge is 0.123 e. The SMILES string of the molecule is C=C(C)[C@@H]1CCC(C)C(CC)C1c1c(O)cc(CCCCC)cc1O. The second-order valence-corrected chi connectivity index (χ2v) is 8.11. The molecule has 2 N–H and O–H groups in total. The van der Waals surface area contributed by atoms with Crippen molar-refractivity contribution in [2.24, 2.45) is 17.8 Å². The van der Waals surface area contributed by atoms with Gasteiger partial charge < -0.3 is 10.2 Å². The summed E-state index contributed by atoms with van der Waals surface area (Å²) in [6.07, 6.45) is 7.72. The van der Waals surface area contributed by atoms with E-state index < -0.39 is 0 Å². The van der Waals surface area contributed by atoms with Crippen LogP contribution >= 0.6 is 0 Å². The first-order valence-corrected chi connectivity index (χ1v) is 10.1. The zero-order valence-electron chi connectivity index (χ0n) is 16.5. The maximum Gasteiger partial charge on any atom is 0.123 e. The van der Waals surface area contributed by atoms with Gasteiger partial charge in [0.25, 0.3) is 0 Å². The summed E-state index contributed by atoms with van der Waals surface area (Å²) < 4.78 is 0. The Bertz CT molecular complexity index is 567. The fourth-order valence-corrected chi connectivity index (χ4v) is 4.86. The Morgan fingerprint density at radius 2 is 1.76 bits per heavy atom. The van der Waals surface area contributed by atoms with Crippen molar-refractivity contribution in [2.75, 3.05) is 0 Å². The van der Waals surface area contributed by atoms with E-state index in [1.807, 2.05) is 12.1 Å². The molecule has 140 valence electrons. The van der Waals surface area contributed by atoms with Gasteiger partial charge in [-0.15, -0.1) is 0 Å². The van der Waals surface area contributed by atoms with E-state index >= 15 is 0 Å². The number of hydrogen-bond acceptors (Lipinski definition) is 2. The average molecular weight is 345 g/mol. The third-order valence-electron chi connectivity index (χ3n) is 6.26. The van der Waals surface area contributed by atoms with Crippen molar-refractivity contribution < 1.29 is 10.2 Å². The molecule has 1 aliphatic carbocycles. The molecule has 1 fully saturated rings. The van der Waals surface area contributed by atoms with E-state index in [0.29, 0.717) is 17.8 Å². The predicted octanol–water partition coefficient (Wildman–Crippen LogP) is 6.56. The van der Waals surface area contributed by atoms with Crippen LogP contribution < -0.4 is 0 Å². The van der Waals surface area contributed by atoms with Gasteiger partial charge >= 0.3 is 0 Å². The first-order chi connectivity index (χ1) is 11.9. The van der Waals surface area contributed by atoms with Crippen LogP contribution in [0.3, 0.4) is 0 Å². The lowest BCUT2D eigenvalue weighted by molar-refractivity contribution is 0.163. The molecule has 1 aliphatic rings. The highest BCUT2D eigenvalue weighted by Gasteiger charge is 2.40. The topological polar surface area (TPSA) is 40.5 Å². The largest absolute Gasteiger partial charge is 0.508 e. The highest BCUT2D eigenvalue weighted by Crippen LogP contribution is 2.53. The van der Waals surface area contributed by atoms with E-state index in [4.69, 9.17) is 0 Å². The lowest BCUT2D eigenvalue weighted by Crippen LogP contribution is -2.32. The third kappa shape index (κ3) is 4.40. The molecule has 2 heteroatoms. The van der Waals surface area contributed by atoms with Gasteiger partial charge in [-0.3, -0.25) is 0 Å². The molecule has 3 unspecified atom stereocenters. The molecule has 1 saturated carbocycles. The predicted molar refractivity (Wildman–Crippen MR) is 106 cm³/mol. The molecule has 2 nitrogen and oxygen atoms in total. The second-order valence-electron chi connectivity index (χ2n) is 8.11. The van der Waals surface area contributed by atoms with Gasteiger partial charge in [-0.2, -0.15) is 0 Å². The van der Waals surface area contributed by atoms with E-state index in [1.165, 1.54) is 24.8 Å². The van der Waals surface area contributed by atoms with Gasteiger partial charge in [0, 0.05) is 11.5 Å². The minimum atomic E-state index is 0.163. The molecule has 1 aromatic rings. The van der Waals surface area contributed by atoms with Crippen LogP contribution in [0.25, 0.3) is 0 Å². The summed E-state index contributed by atoms with van der Waals surface area (Å²) in [5.41, 5.74) is 2.96. The van der Waals surface area contributed by atoms with Crippen molar-refractivity contribution >= 4 is 0 Å². The van der Waals surface area contributed by atoms with Crippen LogP contribution in [0.1, 0.15) is 83.3 Å². The molecule has 0 heterocycles. The van der Waals surface area contributed by atoms with Gasteiger partial charge in [0.05, 0.1) is 0 Å². The number of aromatic hydroxyl groups is 2. The van der Waals surface area contributed by atoms with Crippen molar-refractivity contribution in [1.29, 1.82) is 0 Å². The molecular weight excluding hydrogens is 308 g/mol. The molecular formula is C23H36O2. The Morgan fingerprint density at radius 3 is 2.28 bits per heavy atom. The Hall–Kier alpha value is -1.44. The summed E-state index contributed by atoms with van der Waals surface area (Å²) in [7, 11) is 0. The minimum absolute atomic E-state index is 0.163. The number of phenolic OH excluding ortho intramolecular Hbond substituents is 2. The standard InChI is InChI=1S/C23H36O2/c1-6-8-9-10-17-13-20(24)23(21(25)14-17)22-18(7-2)16(5)11-12-19(22)15(3)4/h13-14,16,18-19,22,24-25H,3,6-12H2,1-2,4-5H3/t16?,18?,19-,22?/m0/s1. The summed E-state index contributed by atoms with van der Waals surface area (Å²) in [5.74, 6) is 2.12. The van der Waals surface area contributed by atoms with Gasteiger partial charge in [0.15, 0.2) is 0 Å². The molecule has 0 saturated heterocycles. The summed E-state index contributed by atoms with van der Waals surface area (Å²) in [6.45, 7) is 13.0. The number of unbranched alkanes of at least 4 members (excludes halogenated alkanes) is 2. The Labute approximate surface area is 154 Å². The van der Waals surface area contributed by atoms with Gasteiger partial charge in [-0.05, 0) is 68.1 Å². The number of benzene rings is 1. The molecule has 2 rings (SSSR count). The molecule has 0 bridgehead atoms. The Balaban J connectivity index is 2.40.